The molecular weight excluding hydrogens is 414 g/mol. The van der Waals surface area contributed by atoms with Crippen molar-refractivity contribution in [3.05, 3.63) is 17.7 Å². The summed E-state index contributed by atoms with van der Waals surface area (Å²) in [7, 11) is 0. The van der Waals surface area contributed by atoms with Crippen molar-refractivity contribution in [2.45, 2.75) is 84.8 Å². The highest BCUT2D eigenvalue weighted by Crippen LogP contribution is 2.34. The largest absolute Gasteiger partial charge is 0.481 e. The van der Waals surface area contributed by atoms with E-state index in [-0.39, 0.29) is 12.5 Å². The van der Waals surface area contributed by atoms with Gasteiger partial charge in [-0.1, -0.05) is 33.6 Å². The number of carboxylic acid groups (broad SMARTS) is 1. The Balaban J connectivity index is 1.72. The minimum Gasteiger partial charge on any atom is -0.481 e. The maximum atomic E-state index is 11.8. The van der Waals surface area contributed by atoms with Gasteiger partial charge in [0.1, 0.15) is 5.82 Å². The highest BCUT2D eigenvalue weighted by atomic mass is 16.7. The molecule has 32 heavy (non-hydrogen) atoms. The second-order valence-electron chi connectivity index (χ2n) is 9.11. The molecule has 0 unspecified atom stereocenters. The van der Waals surface area contributed by atoms with Crippen molar-refractivity contribution in [1.29, 1.82) is 0 Å². The molecule has 180 valence electrons. The summed E-state index contributed by atoms with van der Waals surface area (Å²) in [5.41, 5.74) is 0.763. The van der Waals surface area contributed by atoms with Crippen LogP contribution in [0.15, 0.2) is 6.20 Å². The molecule has 0 radical (unpaired) electrons. The Morgan fingerprint density at radius 3 is 2.50 bits per heavy atom. The number of carbonyl (C=O) groups excluding carboxylic acids is 2. The zero-order chi connectivity index (χ0) is 23.7. The van der Waals surface area contributed by atoms with Crippen LogP contribution in [0.2, 0.25) is 0 Å². The number of aliphatic carboxylic acids is 1. The molecule has 1 aliphatic rings. The number of carbonyl (C=O) groups is 3. The van der Waals surface area contributed by atoms with Gasteiger partial charge in [-0.2, -0.15) is 0 Å². The molecule has 0 aliphatic heterocycles. The fourth-order valence-electron chi connectivity index (χ4n) is 3.84. The van der Waals surface area contributed by atoms with Crippen LogP contribution in [0.5, 0.6) is 0 Å². The number of amides is 1. The van der Waals surface area contributed by atoms with Crippen molar-refractivity contribution in [2.75, 3.05) is 6.54 Å². The maximum Gasteiger partial charge on any atom is 0.410 e. The van der Waals surface area contributed by atoms with E-state index in [9.17, 15) is 19.5 Å². The van der Waals surface area contributed by atoms with Crippen molar-refractivity contribution >= 4 is 18.0 Å². The van der Waals surface area contributed by atoms with Crippen molar-refractivity contribution < 1.29 is 29.0 Å². The number of rotatable bonds is 11. The van der Waals surface area contributed by atoms with E-state index in [2.05, 4.69) is 22.2 Å². The van der Waals surface area contributed by atoms with Gasteiger partial charge in [-0.05, 0) is 31.6 Å². The molecule has 9 heteroatoms. The molecule has 1 saturated carbocycles. The molecule has 2 atom stereocenters. The molecule has 2 rings (SSSR count). The normalized spacial score (nSPS) is 20.4. The summed E-state index contributed by atoms with van der Waals surface area (Å²) in [6.45, 7) is 7.38. The van der Waals surface area contributed by atoms with Gasteiger partial charge in [-0.15, -0.1) is 0 Å². The van der Waals surface area contributed by atoms with Crippen LogP contribution in [0, 0.1) is 17.8 Å². The van der Waals surface area contributed by atoms with Crippen molar-refractivity contribution in [1.82, 2.24) is 15.3 Å². The minimum absolute atomic E-state index is 0.263. The first-order chi connectivity index (χ1) is 15.2. The van der Waals surface area contributed by atoms with Crippen LogP contribution in [0.3, 0.4) is 0 Å². The van der Waals surface area contributed by atoms with E-state index >= 15 is 0 Å². The van der Waals surface area contributed by atoms with Crippen molar-refractivity contribution in [3.63, 3.8) is 0 Å². The van der Waals surface area contributed by atoms with Gasteiger partial charge in [0.05, 0.1) is 17.5 Å². The van der Waals surface area contributed by atoms with E-state index in [0.717, 1.165) is 30.3 Å². The van der Waals surface area contributed by atoms with E-state index in [1.165, 1.54) is 19.8 Å². The van der Waals surface area contributed by atoms with Gasteiger partial charge < -0.3 is 24.9 Å². The predicted octanol–water partition coefficient (Wildman–Crippen LogP) is 4.00. The van der Waals surface area contributed by atoms with E-state index in [0.29, 0.717) is 25.2 Å². The number of hydrogen-bond acceptors (Lipinski definition) is 6. The second kappa shape index (κ2) is 12.5. The summed E-state index contributed by atoms with van der Waals surface area (Å²) in [6.07, 6.45) is 5.99. The zero-order valence-corrected chi connectivity index (χ0v) is 19.6. The third kappa shape index (κ3) is 8.51. The number of H-pyrrole nitrogens is 1. The lowest BCUT2D eigenvalue weighted by Gasteiger charge is -2.24. The van der Waals surface area contributed by atoms with Crippen molar-refractivity contribution in [3.8, 4) is 0 Å². The van der Waals surface area contributed by atoms with Crippen LogP contribution in [0.4, 0.5) is 4.79 Å². The standard InChI is InChI=1S/C23H37N3O6/c1-14(2)22(29)31-16(4)32-23(30)24-11-5-6-18(21(27)28)12-19-13-25-20(26-19)17-9-7-15(3)8-10-17/h13-18H,5-12H2,1-4H3,(H,24,30)(H,25,26)(H,27,28)/t15-,16-,17-,18+/m1/s1. The number of hydrogen-bond donors (Lipinski definition) is 3. The number of alkyl carbamates (subject to hydrolysis) is 1. The average Bonchev–Trinajstić information content (AvgIpc) is 3.19. The predicted molar refractivity (Wildman–Crippen MR) is 118 cm³/mol. The number of nitrogens with zero attached hydrogens (tertiary/aromatic N) is 1. The zero-order valence-electron chi connectivity index (χ0n) is 19.6. The third-order valence-corrected chi connectivity index (χ3v) is 5.88. The first kappa shape index (κ1) is 25.7. The Bertz CT molecular complexity index is 755. The highest BCUT2D eigenvalue weighted by Gasteiger charge is 2.24. The number of carboxylic acids is 1. The SMILES string of the molecule is CC(C)C(=O)O[C@@H](C)OC(=O)NCCC[C@@H](Cc1c[nH]c([C@H]2CC[C@H](C)CC2)n1)C(=O)O. The third-order valence-electron chi connectivity index (χ3n) is 5.88. The first-order valence-corrected chi connectivity index (χ1v) is 11.6. The van der Waals surface area contributed by atoms with Gasteiger partial charge in [0.25, 0.3) is 0 Å². The number of esters is 1. The van der Waals surface area contributed by atoms with E-state index in [1.54, 1.807) is 13.8 Å². The minimum atomic E-state index is -0.988. The van der Waals surface area contributed by atoms with Crippen molar-refractivity contribution in [2.24, 2.45) is 17.8 Å². The summed E-state index contributed by atoms with van der Waals surface area (Å²) in [4.78, 5) is 42.9. The molecule has 9 nitrogen and oxygen atoms in total. The average molecular weight is 452 g/mol. The molecular formula is C23H37N3O6. The highest BCUT2D eigenvalue weighted by molar-refractivity contribution is 5.72. The van der Waals surface area contributed by atoms with Crippen LogP contribution >= 0.6 is 0 Å². The maximum absolute atomic E-state index is 11.8. The molecule has 3 N–H and O–H groups in total. The van der Waals surface area contributed by atoms with Gasteiger partial charge >= 0.3 is 18.0 Å². The number of nitrogens with one attached hydrogen (secondary N) is 2. The molecule has 1 amide bonds. The lowest BCUT2D eigenvalue weighted by Crippen LogP contribution is -2.32. The summed E-state index contributed by atoms with van der Waals surface area (Å²) < 4.78 is 9.93. The lowest BCUT2D eigenvalue weighted by atomic mass is 9.83. The van der Waals surface area contributed by atoms with E-state index < -0.39 is 30.2 Å². The summed E-state index contributed by atoms with van der Waals surface area (Å²) >= 11 is 0. The van der Waals surface area contributed by atoms with Gasteiger partial charge in [0, 0.05) is 32.0 Å². The van der Waals surface area contributed by atoms with Crippen LogP contribution in [-0.2, 0) is 25.5 Å². The topological polar surface area (TPSA) is 131 Å². The molecule has 0 saturated heterocycles. The molecule has 0 aromatic carbocycles. The first-order valence-electron chi connectivity index (χ1n) is 11.6. The number of imidazole rings is 1. The molecule has 1 aromatic heterocycles. The van der Waals surface area contributed by atoms with Gasteiger partial charge in [-0.3, -0.25) is 9.59 Å². The smallest absolute Gasteiger partial charge is 0.410 e. The van der Waals surface area contributed by atoms with Crippen LogP contribution in [0.1, 0.15) is 83.7 Å². The van der Waals surface area contributed by atoms with Crippen LogP contribution < -0.4 is 5.32 Å². The number of aromatic amines is 1. The molecule has 0 bridgehead atoms. The Kier molecular flexibility index (Phi) is 9.99. The number of aromatic nitrogens is 2. The van der Waals surface area contributed by atoms with E-state index in [4.69, 9.17) is 9.47 Å². The van der Waals surface area contributed by atoms with Gasteiger partial charge in [0.15, 0.2) is 0 Å². The number of ether oxygens (including phenoxy) is 2. The fraction of sp³-hybridized carbons (Fsp3) is 0.739. The Labute approximate surface area is 189 Å². The summed E-state index contributed by atoms with van der Waals surface area (Å²) in [5, 5.41) is 12.1. The van der Waals surface area contributed by atoms with Gasteiger partial charge in [-0.25, -0.2) is 9.78 Å². The second-order valence-corrected chi connectivity index (χ2v) is 9.11. The Morgan fingerprint density at radius 1 is 1.19 bits per heavy atom. The van der Waals surface area contributed by atoms with Gasteiger partial charge in [0.2, 0.25) is 6.29 Å². The Hall–Kier alpha value is -2.58. The fourth-order valence-corrected chi connectivity index (χ4v) is 3.84. The summed E-state index contributed by atoms with van der Waals surface area (Å²) in [6, 6.07) is 0. The van der Waals surface area contributed by atoms with Crippen LogP contribution in [0.25, 0.3) is 0 Å². The van der Waals surface area contributed by atoms with E-state index in [1.807, 2.05) is 6.20 Å². The monoisotopic (exact) mass is 451 g/mol. The lowest BCUT2D eigenvalue weighted by molar-refractivity contribution is -0.168. The molecule has 0 spiro atoms. The molecule has 1 aromatic rings. The molecule has 1 heterocycles. The molecule has 1 aliphatic carbocycles. The molecule has 1 fully saturated rings. The quantitative estimate of drug-likeness (QED) is 0.263. The summed E-state index contributed by atoms with van der Waals surface area (Å²) in [5.74, 6) is -0.0584. The Morgan fingerprint density at radius 2 is 1.88 bits per heavy atom. The van der Waals surface area contributed by atoms with Crippen LogP contribution in [-0.4, -0.2) is 45.9 Å².